The van der Waals surface area contributed by atoms with Crippen LogP contribution in [0.2, 0.25) is 0 Å². The third-order valence-electron chi connectivity index (χ3n) is 10.0. The number of likely N-dealkylation sites (tertiary alicyclic amines) is 1. The highest BCUT2D eigenvalue weighted by Crippen LogP contribution is 2.67. The Morgan fingerprint density at radius 1 is 0.939 bits per heavy atom. The summed E-state index contributed by atoms with van der Waals surface area (Å²) in [7, 11) is 6.64. The minimum atomic E-state index is -2.22. The van der Waals surface area contributed by atoms with E-state index in [1.54, 1.807) is 6.08 Å². The zero-order valence-corrected chi connectivity index (χ0v) is 28.1. The molecule has 2 saturated heterocycles. The predicted octanol–water partition coefficient (Wildman–Crippen LogP) is 3.49. The zero-order valence-electron chi connectivity index (χ0n) is 26.6. The van der Waals surface area contributed by atoms with Gasteiger partial charge in [0.1, 0.15) is 17.2 Å². The molecular weight excluding hydrogens is 689 g/mol. The summed E-state index contributed by atoms with van der Waals surface area (Å²) in [5, 5.41) is 35.4. The Labute approximate surface area is 288 Å². The van der Waals surface area contributed by atoms with Crippen LogP contribution in [0.3, 0.4) is 0 Å². The molecule has 2 aromatic carbocycles. The number of amides is 4. The van der Waals surface area contributed by atoms with Crippen LogP contribution in [0.25, 0.3) is 0 Å². The van der Waals surface area contributed by atoms with Gasteiger partial charge in [-0.2, -0.15) is 0 Å². The summed E-state index contributed by atoms with van der Waals surface area (Å²) in [5.41, 5.74) is -1.78. The number of methoxy groups -OCH3 is 2. The van der Waals surface area contributed by atoms with Crippen molar-refractivity contribution in [3.63, 3.8) is 0 Å². The summed E-state index contributed by atoms with van der Waals surface area (Å²) in [4.78, 5) is 76.7. The SMILES string of the molecule is COc1cc(O)c(C2C3=CCC4C(=O)N(c5cc([N+](=O)[O-])c(N(C)C)c([N+](=O)[O-])c5)C(=O)C4C3CC3(Cl)C(=O)N(C)C(=O)C23Cl)c(OC)c1. The zero-order chi connectivity index (χ0) is 36.1. The minimum absolute atomic E-state index is 0.00618. The number of phenols is 1. The van der Waals surface area contributed by atoms with E-state index in [9.17, 15) is 44.5 Å². The van der Waals surface area contributed by atoms with Crippen molar-refractivity contribution in [1.29, 1.82) is 0 Å². The van der Waals surface area contributed by atoms with Gasteiger partial charge in [-0.3, -0.25) is 44.3 Å². The summed E-state index contributed by atoms with van der Waals surface area (Å²) in [6.07, 6.45) is 1.17. The first-order valence-electron chi connectivity index (χ1n) is 14.8. The van der Waals surface area contributed by atoms with E-state index >= 15 is 0 Å². The molecule has 4 amide bonds. The van der Waals surface area contributed by atoms with Crippen molar-refractivity contribution in [2.45, 2.75) is 28.5 Å². The molecule has 49 heavy (non-hydrogen) atoms. The van der Waals surface area contributed by atoms with Gasteiger partial charge in [-0.1, -0.05) is 11.6 Å². The number of hydrogen-bond donors (Lipinski definition) is 1. The van der Waals surface area contributed by atoms with Crippen molar-refractivity contribution in [2.75, 3.05) is 45.2 Å². The number of allylic oxidation sites excluding steroid dienone is 2. The molecule has 1 saturated carbocycles. The topological polar surface area (TPSA) is 203 Å². The fraction of sp³-hybridized carbons (Fsp3) is 0.419. The predicted molar refractivity (Wildman–Crippen MR) is 173 cm³/mol. The molecule has 2 heterocycles. The number of imide groups is 2. The third-order valence-corrected chi connectivity index (χ3v) is 11.4. The Kier molecular flexibility index (Phi) is 7.82. The molecule has 6 rings (SSSR count). The van der Waals surface area contributed by atoms with E-state index in [1.165, 1.54) is 52.4 Å². The fourth-order valence-electron chi connectivity index (χ4n) is 7.94. The number of hydrogen-bond acceptors (Lipinski definition) is 12. The maximum Gasteiger partial charge on any atom is 0.301 e. The van der Waals surface area contributed by atoms with Gasteiger partial charge in [0, 0.05) is 56.9 Å². The number of fused-ring (bicyclic) bond motifs is 4. The number of nitro benzene ring substituents is 2. The van der Waals surface area contributed by atoms with Gasteiger partial charge in [0.15, 0.2) is 15.4 Å². The number of nitro groups is 2. The Morgan fingerprint density at radius 2 is 1.55 bits per heavy atom. The van der Waals surface area contributed by atoms with E-state index in [0.717, 1.165) is 17.0 Å². The number of anilines is 2. The van der Waals surface area contributed by atoms with Gasteiger partial charge < -0.3 is 19.5 Å². The van der Waals surface area contributed by atoms with Crippen LogP contribution in [-0.4, -0.2) is 88.6 Å². The molecule has 6 atom stereocenters. The van der Waals surface area contributed by atoms with Crippen molar-refractivity contribution in [3.05, 3.63) is 61.7 Å². The Hall–Kier alpha value is -4.96. The molecule has 0 spiro atoms. The summed E-state index contributed by atoms with van der Waals surface area (Å²) in [5.74, 6) is -8.15. The molecule has 0 aromatic heterocycles. The molecule has 2 aliphatic carbocycles. The maximum atomic E-state index is 14.4. The van der Waals surface area contributed by atoms with Crippen molar-refractivity contribution in [2.24, 2.45) is 17.8 Å². The number of rotatable bonds is 7. The van der Waals surface area contributed by atoms with Crippen molar-refractivity contribution >= 4 is 69.6 Å². The van der Waals surface area contributed by atoms with Crippen LogP contribution in [0.4, 0.5) is 22.7 Å². The average molecular weight is 719 g/mol. The lowest BCUT2D eigenvalue weighted by Gasteiger charge is -2.51. The first-order valence-corrected chi connectivity index (χ1v) is 15.6. The fourth-order valence-corrected chi connectivity index (χ4v) is 8.94. The first-order chi connectivity index (χ1) is 23.0. The standard InChI is InChI=1S/C31H29Cl2N5O11/c1-34(2)25-18(37(44)45)8-13(9-19(25)38(46)47)36-26(40)16-7-6-15-17(22(16)27(36)41)12-30(32)28(42)35(3)29(43)31(30,33)24(15)23-20(39)10-14(48-4)11-21(23)49-5/h6,8-11,16-17,22,24,39H,7,12H2,1-5H3. The smallest absolute Gasteiger partial charge is 0.301 e. The molecule has 6 unspecified atom stereocenters. The number of halogens is 2. The first kappa shape index (κ1) is 33.9. The van der Waals surface area contributed by atoms with Gasteiger partial charge in [0.25, 0.3) is 11.8 Å². The van der Waals surface area contributed by atoms with E-state index < -0.39 is 84.0 Å². The number of carbonyl (C=O) groups excluding carboxylic acids is 4. The van der Waals surface area contributed by atoms with E-state index in [2.05, 4.69) is 0 Å². The van der Waals surface area contributed by atoms with Crippen LogP contribution in [0, 0.1) is 38.0 Å². The van der Waals surface area contributed by atoms with E-state index in [0.29, 0.717) is 10.5 Å². The molecule has 258 valence electrons. The lowest BCUT2D eigenvalue weighted by molar-refractivity contribution is -0.392. The molecule has 0 bridgehead atoms. The van der Waals surface area contributed by atoms with Crippen molar-refractivity contribution in [1.82, 2.24) is 4.90 Å². The highest BCUT2D eigenvalue weighted by molar-refractivity contribution is 6.53. The normalized spacial score (nSPS) is 28.9. The number of phenolic OH excluding ortho intramolecular Hbond substituents is 1. The van der Waals surface area contributed by atoms with Crippen LogP contribution in [-0.2, 0) is 19.2 Å². The van der Waals surface area contributed by atoms with Gasteiger partial charge in [0.05, 0.1) is 41.6 Å². The molecule has 16 nitrogen and oxygen atoms in total. The van der Waals surface area contributed by atoms with Crippen LogP contribution < -0.4 is 19.3 Å². The van der Waals surface area contributed by atoms with E-state index in [1.807, 2.05) is 0 Å². The summed E-state index contributed by atoms with van der Waals surface area (Å²) in [6.45, 7) is 0. The van der Waals surface area contributed by atoms with Gasteiger partial charge in [-0.25, -0.2) is 4.90 Å². The number of aromatic hydroxyl groups is 1. The lowest BCUT2D eigenvalue weighted by Crippen LogP contribution is -2.60. The quantitative estimate of drug-likeness (QED) is 0.144. The second kappa shape index (κ2) is 11.3. The Bertz CT molecular complexity index is 1900. The minimum Gasteiger partial charge on any atom is -0.507 e. The van der Waals surface area contributed by atoms with Crippen LogP contribution in [0.1, 0.15) is 24.3 Å². The number of benzene rings is 2. The third kappa shape index (κ3) is 4.42. The molecule has 1 N–H and O–H groups in total. The number of nitrogens with zero attached hydrogens (tertiary/aromatic N) is 5. The van der Waals surface area contributed by atoms with E-state index in [-0.39, 0.29) is 41.3 Å². The monoisotopic (exact) mass is 717 g/mol. The second-order valence-electron chi connectivity index (χ2n) is 12.5. The second-order valence-corrected chi connectivity index (χ2v) is 13.8. The average Bonchev–Trinajstić information content (AvgIpc) is 3.38. The molecule has 4 aliphatic rings. The molecule has 0 radical (unpaired) electrons. The van der Waals surface area contributed by atoms with Gasteiger partial charge in [-0.05, 0) is 18.8 Å². The summed E-state index contributed by atoms with van der Waals surface area (Å²) < 4.78 is 10.8. The maximum absolute atomic E-state index is 14.4. The molecular formula is C31H29Cl2N5O11. The molecule has 2 aliphatic heterocycles. The Morgan fingerprint density at radius 3 is 2.08 bits per heavy atom. The summed E-state index contributed by atoms with van der Waals surface area (Å²) in [6, 6.07) is 4.55. The summed E-state index contributed by atoms with van der Waals surface area (Å²) >= 11 is 14.4. The molecule has 2 aromatic rings. The Balaban J connectivity index is 1.54. The van der Waals surface area contributed by atoms with Crippen LogP contribution >= 0.6 is 23.2 Å². The molecule has 18 heteroatoms. The van der Waals surface area contributed by atoms with Gasteiger partial charge in [-0.15, -0.1) is 23.2 Å². The molecule has 3 fully saturated rings. The largest absolute Gasteiger partial charge is 0.507 e. The highest BCUT2D eigenvalue weighted by atomic mass is 35.5. The van der Waals surface area contributed by atoms with E-state index in [4.69, 9.17) is 32.7 Å². The van der Waals surface area contributed by atoms with Crippen LogP contribution in [0.15, 0.2) is 35.9 Å². The van der Waals surface area contributed by atoms with Crippen molar-refractivity contribution < 1.29 is 43.6 Å². The van der Waals surface area contributed by atoms with Gasteiger partial charge in [0.2, 0.25) is 11.8 Å². The number of carbonyl (C=O) groups is 4. The number of ether oxygens (including phenoxy) is 2. The van der Waals surface area contributed by atoms with Crippen LogP contribution in [0.5, 0.6) is 17.2 Å². The number of alkyl halides is 2. The highest BCUT2D eigenvalue weighted by Gasteiger charge is 2.76. The van der Waals surface area contributed by atoms with Crippen molar-refractivity contribution in [3.8, 4) is 17.2 Å². The van der Waals surface area contributed by atoms with Gasteiger partial charge >= 0.3 is 11.4 Å². The lowest BCUT2D eigenvalue weighted by atomic mass is 9.56.